The minimum absolute atomic E-state index is 0.726. The van der Waals surface area contributed by atoms with Crippen molar-refractivity contribution in [2.45, 2.75) is 13.3 Å². The second-order valence-electron chi connectivity index (χ2n) is 6.24. The summed E-state index contributed by atoms with van der Waals surface area (Å²) in [6.07, 6.45) is 1.17. The van der Waals surface area contributed by atoms with Gasteiger partial charge in [-0.2, -0.15) is 0 Å². The number of piperazine rings is 1. The van der Waals surface area contributed by atoms with Gasteiger partial charge < -0.3 is 15.5 Å². The van der Waals surface area contributed by atoms with E-state index in [1.165, 1.54) is 17.7 Å². The van der Waals surface area contributed by atoms with Gasteiger partial charge in [-0.1, -0.05) is 17.7 Å². The summed E-state index contributed by atoms with van der Waals surface area (Å²) < 4.78 is 0. The van der Waals surface area contributed by atoms with Gasteiger partial charge in [0, 0.05) is 45.0 Å². The van der Waals surface area contributed by atoms with Gasteiger partial charge in [-0.15, -0.1) is 0 Å². The maximum atomic E-state index is 5.85. The van der Waals surface area contributed by atoms with E-state index >= 15 is 0 Å². The van der Waals surface area contributed by atoms with E-state index in [4.69, 9.17) is 5.73 Å². The molecule has 1 aromatic carbocycles. The summed E-state index contributed by atoms with van der Waals surface area (Å²) >= 11 is 0. The number of benzene rings is 1. The second kappa shape index (κ2) is 7.01. The topological polar surface area (TPSA) is 48.1 Å². The summed E-state index contributed by atoms with van der Waals surface area (Å²) in [6.45, 7) is 10.7. The molecular weight excluding hydrogens is 274 g/mol. The van der Waals surface area contributed by atoms with Crippen molar-refractivity contribution < 1.29 is 0 Å². The van der Waals surface area contributed by atoms with Crippen LogP contribution in [0.3, 0.4) is 0 Å². The minimum atomic E-state index is 0.726. The Morgan fingerprint density at radius 1 is 1.00 bits per heavy atom. The third-order valence-electron chi connectivity index (χ3n) is 4.64. The Morgan fingerprint density at radius 3 is 2.36 bits per heavy atom. The molecule has 2 heterocycles. The molecule has 0 amide bonds. The molecule has 0 aromatic heterocycles. The molecule has 1 aromatic rings. The number of hydrogen-bond acceptors (Lipinski definition) is 5. The first-order valence-electron chi connectivity index (χ1n) is 8.31. The molecule has 3 rings (SSSR count). The van der Waals surface area contributed by atoms with Crippen molar-refractivity contribution >= 4 is 11.6 Å². The highest BCUT2D eigenvalue weighted by molar-refractivity contribution is 5.79. The van der Waals surface area contributed by atoms with Crippen molar-refractivity contribution in [1.82, 2.24) is 9.80 Å². The van der Waals surface area contributed by atoms with Crippen LogP contribution >= 0.6 is 0 Å². The van der Waals surface area contributed by atoms with Crippen LogP contribution in [0.1, 0.15) is 12.0 Å². The summed E-state index contributed by atoms with van der Waals surface area (Å²) in [6, 6.07) is 8.87. The van der Waals surface area contributed by atoms with Crippen LogP contribution in [0.15, 0.2) is 29.3 Å². The number of aliphatic imine (C=N–C) groups is 1. The maximum Gasteiger partial charge on any atom is 0.191 e. The number of guanidine groups is 1. The number of aryl methyl sites for hydroxylation is 1. The lowest BCUT2D eigenvalue weighted by Crippen LogP contribution is -2.47. The van der Waals surface area contributed by atoms with Gasteiger partial charge >= 0.3 is 0 Å². The number of anilines is 1. The van der Waals surface area contributed by atoms with Crippen molar-refractivity contribution in [3.05, 3.63) is 29.8 Å². The van der Waals surface area contributed by atoms with Crippen LogP contribution in [0.5, 0.6) is 0 Å². The van der Waals surface area contributed by atoms with E-state index in [1.807, 2.05) is 0 Å². The molecule has 1 fully saturated rings. The minimum Gasteiger partial charge on any atom is -0.370 e. The SMILES string of the molecule is Cc1ccc(N2CCN(CCCN3CCN=C3N)CC2)cc1. The summed E-state index contributed by atoms with van der Waals surface area (Å²) in [5, 5.41) is 0. The van der Waals surface area contributed by atoms with Crippen LogP contribution in [0.25, 0.3) is 0 Å². The highest BCUT2D eigenvalue weighted by atomic mass is 15.3. The first kappa shape index (κ1) is 15.2. The predicted molar refractivity (Wildman–Crippen MR) is 92.5 cm³/mol. The van der Waals surface area contributed by atoms with Crippen molar-refractivity contribution in [2.24, 2.45) is 10.7 Å². The zero-order valence-corrected chi connectivity index (χ0v) is 13.5. The highest BCUT2D eigenvalue weighted by Gasteiger charge is 2.18. The summed E-state index contributed by atoms with van der Waals surface area (Å²) in [5.41, 5.74) is 8.53. The Balaban J connectivity index is 1.38. The third-order valence-corrected chi connectivity index (χ3v) is 4.64. The number of nitrogens with zero attached hydrogens (tertiary/aromatic N) is 4. The fourth-order valence-corrected chi connectivity index (χ4v) is 3.20. The standard InChI is InChI=1S/C17H27N5/c1-15-3-5-16(6-4-15)21-13-11-20(12-14-21)8-2-9-22-10-7-19-17(22)18/h3-6H,2,7-14H2,1H3,(H2,18,19). The van der Waals surface area contributed by atoms with Crippen molar-refractivity contribution in [3.8, 4) is 0 Å². The molecule has 0 spiro atoms. The molecule has 0 unspecified atom stereocenters. The second-order valence-corrected chi connectivity index (χ2v) is 6.24. The van der Waals surface area contributed by atoms with Crippen molar-refractivity contribution in [2.75, 3.05) is 57.3 Å². The zero-order valence-electron chi connectivity index (χ0n) is 13.5. The zero-order chi connectivity index (χ0) is 15.4. The fraction of sp³-hybridized carbons (Fsp3) is 0.588. The molecule has 0 bridgehead atoms. The predicted octanol–water partition coefficient (Wildman–Crippen LogP) is 1.14. The van der Waals surface area contributed by atoms with E-state index in [1.54, 1.807) is 0 Å². The van der Waals surface area contributed by atoms with Gasteiger partial charge in [0.2, 0.25) is 0 Å². The van der Waals surface area contributed by atoms with Crippen molar-refractivity contribution in [3.63, 3.8) is 0 Å². The van der Waals surface area contributed by atoms with E-state index in [0.29, 0.717) is 0 Å². The first-order valence-corrected chi connectivity index (χ1v) is 8.31. The molecule has 2 aliphatic heterocycles. The molecule has 0 radical (unpaired) electrons. The van der Waals surface area contributed by atoms with E-state index < -0.39 is 0 Å². The lowest BCUT2D eigenvalue weighted by atomic mass is 10.2. The van der Waals surface area contributed by atoms with Crippen LogP contribution in [-0.4, -0.2) is 68.1 Å². The molecule has 120 valence electrons. The molecule has 2 aliphatic rings. The van der Waals surface area contributed by atoms with Gasteiger partial charge in [-0.3, -0.25) is 9.89 Å². The van der Waals surface area contributed by atoms with Gasteiger partial charge in [-0.25, -0.2) is 0 Å². The molecule has 5 nitrogen and oxygen atoms in total. The number of hydrogen-bond donors (Lipinski definition) is 1. The summed E-state index contributed by atoms with van der Waals surface area (Å²) in [7, 11) is 0. The molecule has 0 aliphatic carbocycles. The Labute approximate surface area is 133 Å². The fourth-order valence-electron chi connectivity index (χ4n) is 3.20. The van der Waals surface area contributed by atoms with Gasteiger partial charge in [0.05, 0.1) is 6.54 Å². The van der Waals surface area contributed by atoms with E-state index in [-0.39, 0.29) is 0 Å². The molecular formula is C17H27N5. The molecule has 0 atom stereocenters. The van der Waals surface area contributed by atoms with E-state index in [0.717, 1.165) is 58.3 Å². The summed E-state index contributed by atoms with van der Waals surface area (Å²) in [5.74, 6) is 0.726. The number of rotatable bonds is 5. The van der Waals surface area contributed by atoms with Crippen LogP contribution < -0.4 is 10.6 Å². The van der Waals surface area contributed by atoms with Gasteiger partial charge in [0.15, 0.2) is 5.96 Å². The maximum absolute atomic E-state index is 5.85. The molecule has 1 saturated heterocycles. The molecule has 5 heteroatoms. The van der Waals surface area contributed by atoms with Gasteiger partial charge in [-0.05, 0) is 32.0 Å². The van der Waals surface area contributed by atoms with E-state index in [9.17, 15) is 0 Å². The number of nitrogens with two attached hydrogens (primary N) is 1. The Hall–Kier alpha value is -1.75. The first-order chi connectivity index (χ1) is 10.7. The smallest absolute Gasteiger partial charge is 0.191 e. The van der Waals surface area contributed by atoms with Crippen LogP contribution in [0.4, 0.5) is 5.69 Å². The van der Waals surface area contributed by atoms with Gasteiger partial charge in [0.25, 0.3) is 0 Å². The Morgan fingerprint density at radius 2 is 1.73 bits per heavy atom. The normalized spacial score (nSPS) is 19.6. The van der Waals surface area contributed by atoms with E-state index in [2.05, 4.69) is 50.9 Å². The summed E-state index contributed by atoms with van der Waals surface area (Å²) in [4.78, 5) is 11.5. The van der Waals surface area contributed by atoms with Crippen molar-refractivity contribution in [1.29, 1.82) is 0 Å². The quantitative estimate of drug-likeness (QED) is 0.886. The average Bonchev–Trinajstić information content (AvgIpc) is 2.94. The average molecular weight is 301 g/mol. The van der Waals surface area contributed by atoms with Gasteiger partial charge in [0.1, 0.15) is 0 Å². The third kappa shape index (κ3) is 3.71. The molecule has 0 saturated carbocycles. The van der Waals surface area contributed by atoms with Crippen LogP contribution in [-0.2, 0) is 0 Å². The molecule has 22 heavy (non-hydrogen) atoms. The molecule has 2 N–H and O–H groups in total. The lowest BCUT2D eigenvalue weighted by molar-refractivity contribution is 0.246. The van der Waals surface area contributed by atoms with Crippen LogP contribution in [0, 0.1) is 6.92 Å². The Kier molecular flexibility index (Phi) is 4.83. The monoisotopic (exact) mass is 301 g/mol. The lowest BCUT2D eigenvalue weighted by Gasteiger charge is -2.36. The highest BCUT2D eigenvalue weighted by Crippen LogP contribution is 2.17. The largest absolute Gasteiger partial charge is 0.370 e. The van der Waals surface area contributed by atoms with Crippen LogP contribution in [0.2, 0.25) is 0 Å². The Bertz CT molecular complexity index is 502.